The largest absolute Gasteiger partial charge is 0.497 e. The molecule has 0 aliphatic heterocycles. The van der Waals surface area contributed by atoms with Crippen LogP contribution in [0.1, 0.15) is 0 Å². The van der Waals surface area contributed by atoms with E-state index in [-0.39, 0.29) is 0 Å². The third kappa shape index (κ3) is 1.96. The van der Waals surface area contributed by atoms with E-state index in [1.165, 1.54) is 0 Å². The lowest BCUT2D eigenvalue weighted by Crippen LogP contribution is -1.88. The van der Waals surface area contributed by atoms with Crippen LogP contribution >= 0.6 is 0 Å². The lowest BCUT2D eigenvalue weighted by molar-refractivity contribution is 0.394. The topological polar surface area (TPSA) is 34.2 Å². The van der Waals surface area contributed by atoms with Crippen molar-refractivity contribution >= 4 is 0 Å². The second kappa shape index (κ2) is 4.09. The first-order chi connectivity index (χ1) is 7.33. The average Bonchev–Trinajstić information content (AvgIpc) is 2.81. The molecule has 3 nitrogen and oxygen atoms in total. The molecule has 0 aliphatic rings. The predicted molar refractivity (Wildman–Crippen MR) is 59.3 cm³/mol. The molecule has 0 saturated carbocycles. The summed E-state index contributed by atoms with van der Waals surface area (Å²) >= 11 is 0. The first kappa shape index (κ1) is 9.65. The van der Waals surface area contributed by atoms with E-state index in [0.717, 1.165) is 22.6 Å². The highest BCUT2D eigenvalue weighted by molar-refractivity contribution is 5.66. The van der Waals surface area contributed by atoms with E-state index in [2.05, 4.69) is 4.98 Å². The number of nitrogens with one attached hydrogen (secondary N) is 1. The molecule has 0 spiro atoms. The summed E-state index contributed by atoms with van der Waals surface area (Å²) in [5, 5.41) is 0. The summed E-state index contributed by atoms with van der Waals surface area (Å²) in [6.07, 6.45) is 3.83. The van der Waals surface area contributed by atoms with Gasteiger partial charge in [0.15, 0.2) is 0 Å². The van der Waals surface area contributed by atoms with Gasteiger partial charge >= 0.3 is 0 Å². The van der Waals surface area contributed by atoms with Crippen LogP contribution in [0.15, 0.2) is 36.7 Å². The van der Waals surface area contributed by atoms with Gasteiger partial charge in [0.1, 0.15) is 11.5 Å². The van der Waals surface area contributed by atoms with Gasteiger partial charge in [-0.05, 0) is 29.3 Å². The van der Waals surface area contributed by atoms with Crippen LogP contribution in [-0.2, 0) is 0 Å². The van der Waals surface area contributed by atoms with Gasteiger partial charge in [-0.1, -0.05) is 0 Å². The molecule has 0 amide bonds. The molecule has 0 saturated heterocycles. The lowest BCUT2D eigenvalue weighted by atomic mass is 10.1. The van der Waals surface area contributed by atoms with Gasteiger partial charge in [0.25, 0.3) is 0 Å². The van der Waals surface area contributed by atoms with Gasteiger partial charge in [0.05, 0.1) is 14.2 Å². The Hall–Kier alpha value is -1.90. The molecule has 15 heavy (non-hydrogen) atoms. The Kier molecular flexibility index (Phi) is 2.63. The van der Waals surface area contributed by atoms with Gasteiger partial charge in [-0.15, -0.1) is 0 Å². The molecule has 0 aliphatic carbocycles. The first-order valence-electron chi connectivity index (χ1n) is 4.69. The molecule has 1 aromatic heterocycles. The van der Waals surface area contributed by atoms with Crippen molar-refractivity contribution in [2.75, 3.05) is 14.2 Å². The van der Waals surface area contributed by atoms with E-state index < -0.39 is 0 Å². The maximum Gasteiger partial charge on any atom is 0.123 e. The van der Waals surface area contributed by atoms with E-state index in [9.17, 15) is 0 Å². The van der Waals surface area contributed by atoms with Crippen molar-refractivity contribution in [1.82, 2.24) is 4.98 Å². The summed E-state index contributed by atoms with van der Waals surface area (Å²) in [5.41, 5.74) is 2.19. The van der Waals surface area contributed by atoms with Gasteiger partial charge in [-0.25, -0.2) is 0 Å². The summed E-state index contributed by atoms with van der Waals surface area (Å²) in [7, 11) is 3.30. The lowest BCUT2D eigenvalue weighted by Gasteiger charge is -2.07. The second-order valence-electron chi connectivity index (χ2n) is 3.20. The normalized spacial score (nSPS) is 10.0. The maximum absolute atomic E-state index is 5.21. The minimum Gasteiger partial charge on any atom is -0.497 e. The molecule has 0 fully saturated rings. The molecular weight excluding hydrogens is 190 g/mol. The highest BCUT2D eigenvalue weighted by Crippen LogP contribution is 2.29. The molecular formula is C12H13NO2. The number of H-pyrrole nitrogens is 1. The van der Waals surface area contributed by atoms with Crippen LogP contribution in [0, 0.1) is 0 Å². The number of hydrogen-bond donors (Lipinski definition) is 1. The van der Waals surface area contributed by atoms with Crippen molar-refractivity contribution in [3.8, 4) is 22.6 Å². The average molecular weight is 203 g/mol. The smallest absolute Gasteiger partial charge is 0.123 e. The fourth-order valence-electron chi connectivity index (χ4n) is 1.48. The van der Waals surface area contributed by atoms with E-state index in [4.69, 9.17) is 9.47 Å². The summed E-state index contributed by atoms with van der Waals surface area (Å²) in [5.74, 6) is 1.59. The standard InChI is InChI=1S/C12H13NO2/c1-14-11-5-10(6-12(7-11)15-2)9-3-4-13-8-9/h3-8,13H,1-2H3. The quantitative estimate of drug-likeness (QED) is 0.832. The summed E-state index contributed by atoms with van der Waals surface area (Å²) in [6, 6.07) is 7.82. The number of ether oxygens (including phenoxy) is 2. The van der Waals surface area contributed by atoms with Crippen molar-refractivity contribution < 1.29 is 9.47 Å². The van der Waals surface area contributed by atoms with Gasteiger partial charge in [0.2, 0.25) is 0 Å². The molecule has 1 aromatic carbocycles. The Labute approximate surface area is 88.7 Å². The highest BCUT2D eigenvalue weighted by atomic mass is 16.5. The second-order valence-corrected chi connectivity index (χ2v) is 3.20. The zero-order valence-corrected chi connectivity index (χ0v) is 8.78. The molecule has 2 rings (SSSR count). The van der Waals surface area contributed by atoms with E-state index in [1.807, 2.05) is 36.7 Å². The van der Waals surface area contributed by atoms with Crippen LogP contribution in [0.5, 0.6) is 11.5 Å². The summed E-state index contributed by atoms with van der Waals surface area (Å²) in [6.45, 7) is 0. The molecule has 0 bridgehead atoms. The first-order valence-corrected chi connectivity index (χ1v) is 4.69. The molecule has 0 unspecified atom stereocenters. The number of benzene rings is 1. The van der Waals surface area contributed by atoms with Gasteiger partial charge in [0, 0.05) is 18.5 Å². The fraction of sp³-hybridized carbons (Fsp3) is 0.167. The molecule has 0 radical (unpaired) electrons. The maximum atomic E-state index is 5.21. The number of rotatable bonds is 3. The summed E-state index contributed by atoms with van der Waals surface area (Å²) < 4.78 is 10.4. The van der Waals surface area contributed by atoms with Crippen LogP contribution < -0.4 is 9.47 Å². The zero-order chi connectivity index (χ0) is 10.7. The molecule has 3 heteroatoms. The number of aromatic amines is 1. The van der Waals surface area contributed by atoms with Crippen molar-refractivity contribution in [1.29, 1.82) is 0 Å². The van der Waals surface area contributed by atoms with Crippen LogP contribution in [0.3, 0.4) is 0 Å². The number of hydrogen-bond acceptors (Lipinski definition) is 2. The Morgan fingerprint density at radius 2 is 1.60 bits per heavy atom. The Balaban J connectivity index is 2.47. The highest BCUT2D eigenvalue weighted by Gasteiger charge is 2.03. The minimum absolute atomic E-state index is 0.797. The van der Waals surface area contributed by atoms with Crippen LogP contribution in [0.4, 0.5) is 0 Å². The molecule has 0 atom stereocenters. The minimum atomic E-state index is 0.797. The van der Waals surface area contributed by atoms with Crippen LogP contribution in [0.25, 0.3) is 11.1 Å². The fourth-order valence-corrected chi connectivity index (χ4v) is 1.48. The van der Waals surface area contributed by atoms with Crippen molar-refractivity contribution in [3.05, 3.63) is 36.7 Å². The van der Waals surface area contributed by atoms with Gasteiger partial charge < -0.3 is 14.5 Å². The number of aromatic nitrogens is 1. The van der Waals surface area contributed by atoms with Crippen molar-refractivity contribution in [2.45, 2.75) is 0 Å². The van der Waals surface area contributed by atoms with Crippen molar-refractivity contribution in [2.24, 2.45) is 0 Å². The van der Waals surface area contributed by atoms with Gasteiger partial charge in [-0.2, -0.15) is 0 Å². The number of methoxy groups -OCH3 is 2. The third-order valence-electron chi connectivity index (χ3n) is 2.28. The summed E-state index contributed by atoms with van der Waals surface area (Å²) in [4.78, 5) is 3.02. The zero-order valence-electron chi connectivity index (χ0n) is 8.78. The SMILES string of the molecule is COc1cc(OC)cc(-c2cc[nH]c2)c1. The molecule has 2 aromatic rings. The van der Waals surface area contributed by atoms with Crippen LogP contribution in [0.2, 0.25) is 0 Å². The molecule has 1 heterocycles. The Morgan fingerprint density at radius 3 is 2.07 bits per heavy atom. The Bertz CT molecular complexity index is 413. The third-order valence-corrected chi connectivity index (χ3v) is 2.28. The van der Waals surface area contributed by atoms with E-state index in [0.29, 0.717) is 0 Å². The molecule has 78 valence electrons. The Morgan fingerprint density at radius 1 is 0.933 bits per heavy atom. The van der Waals surface area contributed by atoms with Crippen molar-refractivity contribution in [3.63, 3.8) is 0 Å². The van der Waals surface area contributed by atoms with E-state index >= 15 is 0 Å². The van der Waals surface area contributed by atoms with Gasteiger partial charge in [-0.3, -0.25) is 0 Å². The van der Waals surface area contributed by atoms with Crippen LogP contribution in [-0.4, -0.2) is 19.2 Å². The van der Waals surface area contributed by atoms with E-state index in [1.54, 1.807) is 14.2 Å². The monoisotopic (exact) mass is 203 g/mol. The predicted octanol–water partition coefficient (Wildman–Crippen LogP) is 2.70. The molecule has 1 N–H and O–H groups in total.